The number of nitrogens with one attached hydrogen (secondary N) is 1. The molecule has 0 aliphatic carbocycles. The van der Waals surface area contributed by atoms with Gasteiger partial charge < -0.3 is 5.32 Å². The molecule has 0 unspecified atom stereocenters. The number of nitrogens with zero attached hydrogens (tertiary/aromatic N) is 2. The lowest BCUT2D eigenvalue weighted by Gasteiger charge is -2.21. The van der Waals surface area contributed by atoms with E-state index < -0.39 is 5.69 Å². The second-order valence-corrected chi connectivity index (χ2v) is 6.41. The van der Waals surface area contributed by atoms with Crippen molar-refractivity contribution in [3.63, 3.8) is 0 Å². The molecule has 22 heavy (non-hydrogen) atoms. The van der Waals surface area contributed by atoms with Gasteiger partial charge in [0.1, 0.15) is 6.54 Å². The van der Waals surface area contributed by atoms with Crippen LogP contribution in [0.1, 0.15) is 24.8 Å². The van der Waals surface area contributed by atoms with Crippen LogP contribution in [0.15, 0.2) is 39.4 Å². The molecule has 0 aliphatic heterocycles. The van der Waals surface area contributed by atoms with Crippen LogP contribution < -0.4 is 16.6 Å². The third-order valence-electron chi connectivity index (χ3n) is 3.41. The number of hydrogen-bond donors (Lipinski definition) is 1. The minimum Gasteiger partial charge on any atom is -0.347 e. The molecule has 2 aromatic rings. The predicted octanol–water partition coefficient (Wildman–Crippen LogP) is 1.12. The number of carbonyl (C=O) groups excluding carboxylic acids is 1. The van der Waals surface area contributed by atoms with E-state index in [0.29, 0.717) is 0 Å². The summed E-state index contributed by atoms with van der Waals surface area (Å²) in [7, 11) is 1.39. The van der Waals surface area contributed by atoms with E-state index in [1.54, 1.807) is 11.3 Å². The minimum atomic E-state index is -0.500. The highest BCUT2D eigenvalue weighted by atomic mass is 32.1. The van der Waals surface area contributed by atoms with Crippen LogP contribution in [0.5, 0.6) is 0 Å². The molecule has 6 nitrogen and oxygen atoms in total. The topological polar surface area (TPSA) is 73.1 Å². The zero-order valence-corrected chi connectivity index (χ0v) is 13.6. The molecule has 1 amide bonds. The van der Waals surface area contributed by atoms with E-state index >= 15 is 0 Å². The SMILES string of the molecule is CC(C)[C@H](NC(=O)Cn1ccc(=O)n(C)c1=O)c1cccs1. The average Bonchev–Trinajstić information content (AvgIpc) is 2.99. The Hall–Kier alpha value is -2.15. The van der Waals surface area contributed by atoms with Crippen molar-refractivity contribution in [1.29, 1.82) is 0 Å². The van der Waals surface area contributed by atoms with Crippen LogP contribution in [0.3, 0.4) is 0 Å². The van der Waals surface area contributed by atoms with E-state index in [2.05, 4.69) is 5.32 Å². The Kier molecular flexibility index (Phi) is 4.97. The highest BCUT2D eigenvalue weighted by Crippen LogP contribution is 2.25. The maximum absolute atomic E-state index is 12.2. The Morgan fingerprint density at radius 2 is 2.05 bits per heavy atom. The Morgan fingerprint density at radius 3 is 2.64 bits per heavy atom. The van der Waals surface area contributed by atoms with Gasteiger partial charge in [0.25, 0.3) is 5.56 Å². The van der Waals surface area contributed by atoms with E-state index in [4.69, 9.17) is 0 Å². The Bertz CT molecular complexity index is 759. The summed E-state index contributed by atoms with van der Waals surface area (Å²) in [5.41, 5.74) is -0.889. The van der Waals surface area contributed by atoms with Gasteiger partial charge in [0.2, 0.25) is 5.91 Å². The quantitative estimate of drug-likeness (QED) is 0.897. The lowest BCUT2D eigenvalue weighted by atomic mass is 10.0. The maximum atomic E-state index is 12.2. The van der Waals surface area contributed by atoms with E-state index in [-0.39, 0.29) is 30.0 Å². The highest BCUT2D eigenvalue weighted by Gasteiger charge is 2.19. The van der Waals surface area contributed by atoms with Gasteiger partial charge in [-0.1, -0.05) is 19.9 Å². The molecule has 0 saturated heterocycles. The van der Waals surface area contributed by atoms with Crippen LogP contribution in [0.4, 0.5) is 0 Å². The number of aromatic nitrogens is 2. The molecule has 118 valence electrons. The first-order valence-corrected chi connectivity index (χ1v) is 7.87. The predicted molar refractivity (Wildman–Crippen MR) is 86.0 cm³/mol. The average molecular weight is 321 g/mol. The van der Waals surface area contributed by atoms with E-state index in [9.17, 15) is 14.4 Å². The highest BCUT2D eigenvalue weighted by molar-refractivity contribution is 7.10. The third kappa shape index (κ3) is 3.54. The van der Waals surface area contributed by atoms with Crippen LogP contribution in [-0.4, -0.2) is 15.0 Å². The minimum absolute atomic E-state index is 0.0873. The van der Waals surface area contributed by atoms with Crippen molar-refractivity contribution in [3.8, 4) is 0 Å². The Morgan fingerprint density at radius 1 is 1.32 bits per heavy atom. The van der Waals surface area contributed by atoms with Gasteiger partial charge in [-0.05, 0) is 17.4 Å². The van der Waals surface area contributed by atoms with Crippen molar-refractivity contribution in [2.24, 2.45) is 13.0 Å². The molecule has 2 rings (SSSR count). The lowest BCUT2D eigenvalue weighted by Crippen LogP contribution is -2.41. The van der Waals surface area contributed by atoms with E-state index in [1.807, 2.05) is 31.4 Å². The Labute approximate surface area is 132 Å². The summed E-state index contributed by atoms with van der Waals surface area (Å²) in [6.07, 6.45) is 1.35. The van der Waals surface area contributed by atoms with E-state index in [1.165, 1.54) is 23.9 Å². The number of hydrogen-bond acceptors (Lipinski definition) is 4. The molecule has 7 heteroatoms. The van der Waals surface area contributed by atoms with Crippen LogP contribution in [-0.2, 0) is 18.4 Å². The van der Waals surface area contributed by atoms with Gasteiger partial charge in [-0.3, -0.25) is 18.7 Å². The zero-order chi connectivity index (χ0) is 16.3. The van der Waals surface area contributed by atoms with Crippen LogP contribution >= 0.6 is 11.3 Å². The molecule has 0 bridgehead atoms. The van der Waals surface area contributed by atoms with Crippen molar-refractivity contribution in [3.05, 3.63) is 55.5 Å². The number of rotatable bonds is 5. The zero-order valence-electron chi connectivity index (χ0n) is 12.8. The van der Waals surface area contributed by atoms with Gasteiger partial charge in [-0.25, -0.2) is 4.79 Å². The van der Waals surface area contributed by atoms with Crippen molar-refractivity contribution in [2.45, 2.75) is 26.4 Å². The molecule has 1 atom stereocenters. The van der Waals surface area contributed by atoms with Crippen LogP contribution in [0.2, 0.25) is 0 Å². The fourth-order valence-electron chi connectivity index (χ4n) is 2.14. The second-order valence-electron chi connectivity index (χ2n) is 5.43. The summed E-state index contributed by atoms with van der Waals surface area (Å²) in [4.78, 5) is 36.6. The van der Waals surface area contributed by atoms with Gasteiger partial charge in [-0.2, -0.15) is 0 Å². The molecule has 1 N–H and O–H groups in total. The molecule has 0 fully saturated rings. The fourth-order valence-corrected chi connectivity index (χ4v) is 3.09. The number of amides is 1. The standard InChI is InChI=1S/C15H19N3O3S/c1-10(2)14(11-5-4-8-22-11)16-12(19)9-18-7-6-13(20)17(3)15(18)21/h4-8,10,14H,9H2,1-3H3,(H,16,19)/t14-/m0/s1. The van der Waals surface area contributed by atoms with Gasteiger partial charge in [0.05, 0.1) is 6.04 Å². The summed E-state index contributed by atoms with van der Waals surface area (Å²) in [6, 6.07) is 5.11. The van der Waals surface area contributed by atoms with Gasteiger partial charge in [0.15, 0.2) is 0 Å². The molecule has 2 heterocycles. The first kappa shape index (κ1) is 16.2. The summed E-state index contributed by atoms with van der Waals surface area (Å²) in [6.45, 7) is 3.95. The van der Waals surface area contributed by atoms with Crippen molar-refractivity contribution >= 4 is 17.2 Å². The van der Waals surface area contributed by atoms with Gasteiger partial charge in [-0.15, -0.1) is 11.3 Å². The summed E-state index contributed by atoms with van der Waals surface area (Å²) in [5.74, 6) is -0.0210. The maximum Gasteiger partial charge on any atom is 0.331 e. The van der Waals surface area contributed by atoms with E-state index in [0.717, 1.165) is 9.44 Å². The van der Waals surface area contributed by atoms with Crippen molar-refractivity contribution < 1.29 is 4.79 Å². The number of carbonyl (C=O) groups is 1. The number of thiophene rings is 1. The molecule has 0 saturated carbocycles. The first-order valence-electron chi connectivity index (χ1n) is 6.99. The summed E-state index contributed by atoms with van der Waals surface area (Å²) in [5, 5.41) is 4.92. The molecule has 0 aromatic carbocycles. The smallest absolute Gasteiger partial charge is 0.331 e. The molecule has 0 aliphatic rings. The summed E-state index contributed by atoms with van der Waals surface area (Å²) >= 11 is 1.59. The molecule has 0 spiro atoms. The largest absolute Gasteiger partial charge is 0.347 e. The molecule has 2 aromatic heterocycles. The van der Waals surface area contributed by atoms with Gasteiger partial charge in [0, 0.05) is 24.2 Å². The fraction of sp³-hybridized carbons (Fsp3) is 0.400. The second kappa shape index (κ2) is 6.74. The lowest BCUT2D eigenvalue weighted by molar-refractivity contribution is -0.122. The third-order valence-corrected chi connectivity index (χ3v) is 4.36. The Balaban J connectivity index is 2.14. The van der Waals surface area contributed by atoms with Crippen LogP contribution in [0, 0.1) is 5.92 Å². The summed E-state index contributed by atoms with van der Waals surface area (Å²) < 4.78 is 2.20. The van der Waals surface area contributed by atoms with Crippen molar-refractivity contribution in [2.75, 3.05) is 0 Å². The first-order chi connectivity index (χ1) is 10.4. The molecule has 0 radical (unpaired) electrons. The van der Waals surface area contributed by atoms with Crippen molar-refractivity contribution in [1.82, 2.24) is 14.5 Å². The molecular weight excluding hydrogens is 302 g/mol. The molecular formula is C15H19N3O3S. The van der Waals surface area contributed by atoms with Crippen LogP contribution in [0.25, 0.3) is 0 Å². The normalized spacial score (nSPS) is 12.4. The monoisotopic (exact) mass is 321 g/mol. The van der Waals surface area contributed by atoms with Gasteiger partial charge >= 0.3 is 5.69 Å².